The molecule has 0 aromatic rings. The van der Waals surface area contributed by atoms with E-state index < -0.39 is 0 Å². The maximum Gasteiger partial charge on any atom is 0.0568 e. The summed E-state index contributed by atoms with van der Waals surface area (Å²) in [5, 5.41) is 9.61. The molecule has 4 unspecified atom stereocenters. The van der Waals surface area contributed by atoms with E-state index in [0.29, 0.717) is 5.92 Å². The second kappa shape index (κ2) is 4.99. The van der Waals surface area contributed by atoms with Gasteiger partial charge in [-0.25, -0.2) is 0 Å². The average molecular weight is 184 g/mol. The van der Waals surface area contributed by atoms with E-state index in [1.54, 1.807) is 0 Å². The maximum absolute atomic E-state index is 9.61. The Balaban J connectivity index is 2.29. The molecule has 1 N–H and O–H groups in total. The molecule has 1 aliphatic carbocycles. The molecule has 0 heterocycles. The minimum absolute atomic E-state index is 0.0150. The molecule has 0 bridgehead atoms. The van der Waals surface area contributed by atoms with Crippen LogP contribution in [0, 0.1) is 17.8 Å². The van der Waals surface area contributed by atoms with Crippen molar-refractivity contribution < 1.29 is 5.11 Å². The predicted molar refractivity (Wildman–Crippen MR) is 56.6 cm³/mol. The van der Waals surface area contributed by atoms with Crippen LogP contribution in [0.25, 0.3) is 0 Å². The minimum Gasteiger partial charge on any atom is -0.393 e. The lowest BCUT2D eigenvalue weighted by molar-refractivity contribution is 0.122. The topological polar surface area (TPSA) is 20.2 Å². The van der Waals surface area contributed by atoms with Gasteiger partial charge in [-0.2, -0.15) is 0 Å². The zero-order chi connectivity index (χ0) is 9.84. The summed E-state index contributed by atoms with van der Waals surface area (Å²) in [6.45, 7) is 6.81. The molecule has 1 fully saturated rings. The predicted octanol–water partition coefficient (Wildman–Crippen LogP) is 3.22. The van der Waals surface area contributed by atoms with Gasteiger partial charge in [-0.1, -0.05) is 33.6 Å². The highest BCUT2D eigenvalue weighted by Crippen LogP contribution is 2.36. The standard InChI is InChI=1S/C12H24O/c1-4-5-9(2)8-11-6-7-12(13)10(11)3/h9-13H,4-8H2,1-3H3. The van der Waals surface area contributed by atoms with E-state index in [4.69, 9.17) is 0 Å². The van der Waals surface area contributed by atoms with Crippen LogP contribution in [0.15, 0.2) is 0 Å². The van der Waals surface area contributed by atoms with Crippen LogP contribution >= 0.6 is 0 Å². The van der Waals surface area contributed by atoms with E-state index in [2.05, 4.69) is 20.8 Å². The van der Waals surface area contributed by atoms with E-state index in [1.807, 2.05) is 0 Å². The van der Waals surface area contributed by atoms with Gasteiger partial charge in [-0.05, 0) is 37.0 Å². The van der Waals surface area contributed by atoms with Crippen LogP contribution in [0.5, 0.6) is 0 Å². The van der Waals surface area contributed by atoms with E-state index in [0.717, 1.165) is 18.3 Å². The highest BCUT2D eigenvalue weighted by Gasteiger charge is 2.31. The third kappa shape index (κ3) is 2.98. The van der Waals surface area contributed by atoms with Crippen molar-refractivity contribution in [3.63, 3.8) is 0 Å². The first kappa shape index (κ1) is 11.0. The largest absolute Gasteiger partial charge is 0.393 e. The average Bonchev–Trinajstić information content (AvgIpc) is 2.37. The van der Waals surface area contributed by atoms with E-state index in [-0.39, 0.29) is 6.10 Å². The summed E-state index contributed by atoms with van der Waals surface area (Å²) in [5.41, 5.74) is 0. The summed E-state index contributed by atoms with van der Waals surface area (Å²) >= 11 is 0. The van der Waals surface area contributed by atoms with Gasteiger partial charge in [0.2, 0.25) is 0 Å². The molecule has 1 rings (SSSR count). The zero-order valence-electron chi connectivity index (χ0n) is 9.29. The van der Waals surface area contributed by atoms with Crippen LogP contribution in [0.2, 0.25) is 0 Å². The molecule has 0 spiro atoms. The molecular formula is C12H24O. The van der Waals surface area contributed by atoms with Crippen molar-refractivity contribution in [3.8, 4) is 0 Å². The Morgan fingerprint density at radius 3 is 2.54 bits per heavy atom. The lowest BCUT2D eigenvalue weighted by Gasteiger charge is -2.20. The monoisotopic (exact) mass is 184 g/mol. The first-order chi connectivity index (χ1) is 6.15. The Hall–Kier alpha value is -0.0400. The van der Waals surface area contributed by atoms with Crippen molar-refractivity contribution >= 4 is 0 Å². The molecule has 1 saturated carbocycles. The van der Waals surface area contributed by atoms with Crippen LogP contribution in [-0.2, 0) is 0 Å². The van der Waals surface area contributed by atoms with Gasteiger partial charge in [-0.3, -0.25) is 0 Å². The molecule has 0 radical (unpaired) electrons. The number of hydrogen-bond donors (Lipinski definition) is 1. The quantitative estimate of drug-likeness (QED) is 0.711. The maximum atomic E-state index is 9.61. The van der Waals surface area contributed by atoms with Gasteiger partial charge in [0.05, 0.1) is 6.10 Å². The van der Waals surface area contributed by atoms with Crippen molar-refractivity contribution in [2.45, 2.75) is 59.0 Å². The zero-order valence-corrected chi connectivity index (χ0v) is 9.29. The highest BCUT2D eigenvalue weighted by molar-refractivity contribution is 4.82. The normalized spacial score (nSPS) is 36.5. The summed E-state index contributed by atoms with van der Waals surface area (Å²) in [4.78, 5) is 0. The molecule has 4 atom stereocenters. The molecule has 78 valence electrons. The molecule has 1 aliphatic rings. The third-order valence-electron chi connectivity index (χ3n) is 3.67. The van der Waals surface area contributed by atoms with Crippen molar-refractivity contribution in [2.24, 2.45) is 17.8 Å². The summed E-state index contributed by atoms with van der Waals surface area (Å²) in [5.74, 6) is 2.18. The number of aliphatic hydroxyl groups is 1. The number of hydrogen-bond acceptors (Lipinski definition) is 1. The van der Waals surface area contributed by atoms with Gasteiger partial charge in [0.1, 0.15) is 0 Å². The van der Waals surface area contributed by atoms with Gasteiger partial charge < -0.3 is 5.11 Å². The summed E-state index contributed by atoms with van der Waals surface area (Å²) in [6.07, 6.45) is 6.23. The van der Waals surface area contributed by atoms with Crippen LogP contribution < -0.4 is 0 Å². The van der Waals surface area contributed by atoms with Gasteiger partial charge in [0.25, 0.3) is 0 Å². The smallest absolute Gasteiger partial charge is 0.0568 e. The van der Waals surface area contributed by atoms with Crippen LogP contribution in [0.3, 0.4) is 0 Å². The van der Waals surface area contributed by atoms with Gasteiger partial charge in [-0.15, -0.1) is 0 Å². The fraction of sp³-hybridized carbons (Fsp3) is 1.00. The molecule has 0 aliphatic heterocycles. The molecule has 1 nitrogen and oxygen atoms in total. The van der Waals surface area contributed by atoms with E-state index in [1.165, 1.54) is 25.7 Å². The van der Waals surface area contributed by atoms with E-state index >= 15 is 0 Å². The Morgan fingerprint density at radius 1 is 1.38 bits per heavy atom. The Kier molecular flexibility index (Phi) is 4.24. The molecule has 0 saturated heterocycles. The SMILES string of the molecule is CCCC(C)CC1CCC(O)C1C. The van der Waals surface area contributed by atoms with Crippen molar-refractivity contribution in [3.05, 3.63) is 0 Å². The van der Waals surface area contributed by atoms with Gasteiger partial charge in [0, 0.05) is 0 Å². The van der Waals surface area contributed by atoms with Gasteiger partial charge >= 0.3 is 0 Å². The molecule has 0 aromatic carbocycles. The van der Waals surface area contributed by atoms with Crippen molar-refractivity contribution in [1.82, 2.24) is 0 Å². The lowest BCUT2D eigenvalue weighted by Crippen LogP contribution is -2.17. The third-order valence-corrected chi connectivity index (χ3v) is 3.67. The second-order valence-electron chi connectivity index (χ2n) is 4.89. The van der Waals surface area contributed by atoms with E-state index in [9.17, 15) is 5.11 Å². The fourth-order valence-corrected chi connectivity index (χ4v) is 2.68. The molecule has 0 aromatic heterocycles. The summed E-state index contributed by atoms with van der Waals surface area (Å²) in [6, 6.07) is 0. The van der Waals surface area contributed by atoms with Crippen LogP contribution in [-0.4, -0.2) is 11.2 Å². The van der Waals surface area contributed by atoms with Crippen LogP contribution in [0.1, 0.15) is 52.9 Å². The fourth-order valence-electron chi connectivity index (χ4n) is 2.68. The first-order valence-electron chi connectivity index (χ1n) is 5.83. The van der Waals surface area contributed by atoms with Crippen molar-refractivity contribution in [1.29, 1.82) is 0 Å². The first-order valence-corrected chi connectivity index (χ1v) is 5.83. The van der Waals surface area contributed by atoms with Crippen LogP contribution in [0.4, 0.5) is 0 Å². The Morgan fingerprint density at radius 2 is 2.08 bits per heavy atom. The second-order valence-corrected chi connectivity index (χ2v) is 4.89. The van der Waals surface area contributed by atoms with Gasteiger partial charge in [0.15, 0.2) is 0 Å². The number of aliphatic hydroxyl groups excluding tert-OH is 1. The molecule has 0 amide bonds. The van der Waals surface area contributed by atoms with Crippen molar-refractivity contribution in [2.75, 3.05) is 0 Å². The minimum atomic E-state index is -0.0150. The summed E-state index contributed by atoms with van der Waals surface area (Å²) in [7, 11) is 0. The highest BCUT2D eigenvalue weighted by atomic mass is 16.3. The number of rotatable bonds is 4. The summed E-state index contributed by atoms with van der Waals surface area (Å²) < 4.78 is 0. The lowest BCUT2D eigenvalue weighted by atomic mass is 9.86. The molecule has 1 heteroatoms. The molecular weight excluding hydrogens is 160 g/mol. The molecule has 13 heavy (non-hydrogen) atoms. The Bertz CT molecular complexity index is 144. The Labute approximate surface area is 82.5 Å².